The first-order valence-electron chi connectivity index (χ1n) is 9.70. The Morgan fingerprint density at radius 3 is 2.81 bits per heavy atom. The van der Waals surface area contributed by atoms with Crippen molar-refractivity contribution >= 4 is 46.0 Å². The predicted molar refractivity (Wildman–Crippen MR) is 115 cm³/mol. The number of rotatable bonds is 6. The van der Waals surface area contributed by atoms with E-state index in [-0.39, 0.29) is 30.1 Å². The molecule has 0 radical (unpaired) electrons. The smallest absolute Gasteiger partial charge is 0.323 e. The summed E-state index contributed by atoms with van der Waals surface area (Å²) in [4.78, 5) is 23.7. The molecule has 2 N–H and O–H groups in total. The van der Waals surface area contributed by atoms with Gasteiger partial charge in [0.2, 0.25) is 0 Å². The number of carbonyl (C=O) groups excluding carboxylic acids is 1. The summed E-state index contributed by atoms with van der Waals surface area (Å²) in [6.07, 6.45) is 1.60. The van der Waals surface area contributed by atoms with E-state index < -0.39 is 11.8 Å². The van der Waals surface area contributed by atoms with Crippen LogP contribution >= 0.6 is 23.2 Å². The molecule has 0 saturated carbocycles. The van der Waals surface area contributed by atoms with Crippen LogP contribution in [0.5, 0.6) is 5.75 Å². The average Bonchev–Trinajstić information content (AvgIpc) is 2.99. The van der Waals surface area contributed by atoms with E-state index in [0.29, 0.717) is 40.9 Å². The fourth-order valence-electron chi connectivity index (χ4n) is 4.10. The maximum absolute atomic E-state index is 14.0. The fourth-order valence-corrected chi connectivity index (χ4v) is 4.59. The van der Waals surface area contributed by atoms with Crippen molar-refractivity contribution in [3.05, 3.63) is 63.5 Å². The molecule has 1 aliphatic rings. The van der Waals surface area contributed by atoms with Crippen molar-refractivity contribution in [1.29, 1.82) is 0 Å². The summed E-state index contributed by atoms with van der Waals surface area (Å²) in [7, 11) is 0. The second-order valence-electron chi connectivity index (χ2n) is 7.44. The number of carbonyl (C=O) groups is 2. The summed E-state index contributed by atoms with van der Waals surface area (Å²) in [5.74, 6) is -1.29. The molecule has 1 aliphatic carbocycles. The van der Waals surface area contributed by atoms with E-state index in [1.54, 1.807) is 28.8 Å². The van der Waals surface area contributed by atoms with Gasteiger partial charge in [0.25, 0.3) is 5.91 Å². The van der Waals surface area contributed by atoms with E-state index in [1.807, 2.05) is 0 Å². The Balaban J connectivity index is 1.52. The van der Waals surface area contributed by atoms with Gasteiger partial charge in [-0.15, -0.1) is 0 Å². The number of fused-ring (bicyclic) bond motifs is 3. The Kier molecular flexibility index (Phi) is 6.07. The van der Waals surface area contributed by atoms with Crippen LogP contribution in [0.25, 0.3) is 10.9 Å². The van der Waals surface area contributed by atoms with E-state index in [9.17, 15) is 19.1 Å². The third-order valence-corrected chi connectivity index (χ3v) is 5.83. The van der Waals surface area contributed by atoms with Crippen LogP contribution in [0.4, 0.5) is 4.39 Å². The van der Waals surface area contributed by atoms with E-state index in [0.717, 1.165) is 11.3 Å². The molecule has 0 saturated heterocycles. The van der Waals surface area contributed by atoms with Crippen LogP contribution in [0.1, 0.15) is 17.7 Å². The van der Waals surface area contributed by atoms with Crippen molar-refractivity contribution in [1.82, 2.24) is 9.88 Å². The lowest BCUT2D eigenvalue weighted by Gasteiger charge is -2.25. The third kappa shape index (κ3) is 4.62. The van der Waals surface area contributed by atoms with Gasteiger partial charge < -0.3 is 19.7 Å². The first-order valence-corrected chi connectivity index (χ1v) is 10.5. The maximum atomic E-state index is 14.0. The lowest BCUT2D eigenvalue weighted by molar-refractivity contribution is -0.137. The maximum Gasteiger partial charge on any atom is 0.323 e. The predicted octanol–water partition coefficient (Wildman–Crippen LogP) is 4.22. The third-order valence-electron chi connectivity index (χ3n) is 5.30. The molecule has 0 aliphatic heterocycles. The van der Waals surface area contributed by atoms with E-state index in [1.165, 1.54) is 12.1 Å². The first kappa shape index (κ1) is 21.5. The SMILES string of the molecule is O=C(O)Cn1c2c(c3cc(F)cc(Cl)c31)C[C@@H](NC(=O)COc1cccc(Cl)c1)CC2. The number of nitrogens with one attached hydrogen (secondary N) is 1. The van der Waals surface area contributed by atoms with Crippen LogP contribution in [0.3, 0.4) is 0 Å². The second kappa shape index (κ2) is 8.77. The van der Waals surface area contributed by atoms with Crippen LogP contribution in [0, 0.1) is 5.82 Å². The molecule has 0 bridgehead atoms. The normalized spacial score (nSPS) is 15.5. The Hall–Kier alpha value is -2.77. The molecule has 2 aromatic carbocycles. The summed E-state index contributed by atoms with van der Waals surface area (Å²) in [6.45, 7) is -0.424. The average molecular weight is 465 g/mol. The van der Waals surface area contributed by atoms with Crippen molar-refractivity contribution < 1.29 is 23.8 Å². The highest BCUT2D eigenvalue weighted by Crippen LogP contribution is 2.36. The first-order chi connectivity index (χ1) is 14.8. The van der Waals surface area contributed by atoms with Gasteiger partial charge in [-0.2, -0.15) is 0 Å². The molecule has 0 fully saturated rings. The minimum Gasteiger partial charge on any atom is -0.484 e. The molecule has 3 aromatic rings. The Morgan fingerprint density at radius 1 is 1.26 bits per heavy atom. The van der Waals surface area contributed by atoms with Gasteiger partial charge >= 0.3 is 5.97 Å². The number of aromatic nitrogens is 1. The molecular formula is C22H19Cl2FN2O4. The number of ether oxygens (including phenoxy) is 1. The van der Waals surface area contributed by atoms with Crippen LogP contribution in [-0.4, -0.2) is 34.2 Å². The minimum atomic E-state index is -1.01. The summed E-state index contributed by atoms with van der Waals surface area (Å²) >= 11 is 12.2. The van der Waals surface area contributed by atoms with Crippen molar-refractivity contribution in [3.8, 4) is 5.75 Å². The topological polar surface area (TPSA) is 80.6 Å². The number of amides is 1. The van der Waals surface area contributed by atoms with Gasteiger partial charge in [-0.05, 0) is 55.2 Å². The van der Waals surface area contributed by atoms with Gasteiger partial charge in [-0.3, -0.25) is 9.59 Å². The highest BCUT2D eigenvalue weighted by atomic mass is 35.5. The van der Waals surface area contributed by atoms with Gasteiger partial charge in [0, 0.05) is 22.1 Å². The van der Waals surface area contributed by atoms with Crippen molar-refractivity contribution in [3.63, 3.8) is 0 Å². The van der Waals surface area contributed by atoms with Gasteiger partial charge in [0.05, 0.1) is 10.5 Å². The second-order valence-corrected chi connectivity index (χ2v) is 8.29. The molecule has 1 heterocycles. The van der Waals surface area contributed by atoms with Crippen molar-refractivity contribution in [2.45, 2.75) is 31.8 Å². The summed E-state index contributed by atoms with van der Waals surface area (Å²) in [5.41, 5.74) is 2.13. The molecule has 1 amide bonds. The Labute approximate surface area is 187 Å². The lowest BCUT2D eigenvalue weighted by Crippen LogP contribution is -2.41. The molecule has 1 aromatic heterocycles. The van der Waals surface area contributed by atoms with Crippen LogP contribution in [0.2, 0.25) is 10.0 Å². The zero-order valence-electron chi connectivity index (χ0n) is 16.3. The van der Waals surface area contributed by atoms with Gasteiger partial charge in [0.1, 0.15) is 18.1 Å². The molecule has 9 heteroatoms. The highest BCUT2D eigenvalue weighted by Gasteiger charge is 2.28. The minimum absolute atomic E-state index is 0.162. The number of benzene rings is 2. The van der Waals surface area contributed by atoms with Crippen molar-refractivity contribution in [2.24, 2.45) is 0 Å². The molecular weight excluding hydrogens is 446 g/mol. The molecule has 1 atom stereocenters. The lowest BCUT2D eigenvalue weighted by atomic mass is 9.91. The summed E-state index contributed by atoms with van der Waals surface area (Å²) in [5, 5.41) is 13.5. The quantitative estimate of drug-likeness (QED) is 0.571. The standard InChI is InChI=1S/C22H19Cl2FN2O4/c23-12-2-1-3-15(6-12)31-11-20(28)26-14-4-5-19-16(9-14)17-7-13(25)8-18(24)22(17)27(19)10-21(29)30/h1-3,6-8,14H,4-5,9-11H2,(H,26,28)(H,29,30)/t14-/m0/s1. The molecule has 6 nitrogen and oxygen atoms in total. The fraction of sp³-hybridized carbons (Fsp3) is 0.273. The number of halogens is 3. The zero-order chi connectivity index (χ0) is 22.1. The molecule has 0 spiro atoms. The molecule has 0 unspecified atom stereocenters. The highest BCUT2D eigenvalue weighted by molar-refractivity contribution is 6.35. The summed E-state index contributed by atoms with van der Waals surface area (Å²) in [6, 6.07) is 9.14. The molecule has 31 heavy (non-hydrogen) atoms. The number of hydrogen-bond donors (Lipinski definition) is 2. The molecule has 4 rings (SSSR count). The van der Waals surface area contributed by atoms with E-state index in [2.05, 4.69) is 5.32 Å². The van der Waals surface area contributed by atoms with E-state index in [4.69, 9.17) is 27.9 Å². The van der Waals surface area contributed by atoms with Crippen LogP contribution < -0.4 is 10.1 Å². The van der Waals surface area contributed by atoms with Crippen LogP contribution in [0.15, 0.2) is 36.4 Å². The van der Waals surface area contributed by atoms with Gasteiger partial charge in [0.15, 0.2) is 6.61 Å². The van der Waals surface area contributed by atoms with Gasteiger partial charge in [-0.1, -0.05) is 29.3 Å². The van der Waals surface area contributed by atoms with Crippen LogP contribution in [-0.2, 0) is 29.0 Å². The van der Waals surface area contributed by atoms with Crippen molar-refractivity contribution in [2.75, 3.05) is 6.61 Å². The Bertz CT molecular complexity index is 1180. The summed E-state index contributed by atoms with van der Waals surface area (Å²) < 4.78 is 21.1. The number of hydrogen-bond acceptors (Lipinski definition) is 3. The number of carboxylic acid groups (broad SMARTS) is 1. The number of aliphatic carboxylic acids is 1. The number of nitrogens with zero attached hydrogens (tertiary/aromatic N) is 1. The van der Waals surface area contributed by atoms with E-state index >= 15 is 0 Å². The Morgan fingerprint density at radius 2 is 2.06 bits per heavy atom. The zero-order valence-corrected chi connectivity index (χ0v) is 17.8. The largest absolute Gasteiger partial charge is 0.484 e. The van der Waals surface area contributed by atoms with Gasteiger partial charge in [-0.25, -0.2) is 4.39 Å². The number of carboxylic acids is 1. The molecule has 162 valence electrons. The monoisotopic (exact) mass is 464 g/mol.